The average molecular weight is 387 g/mol. The van der Waals surface area contributed by atoms with Crippen molar-refractivity contribution in [3.8, 4) is 5.75 Å². The average Bonchev–Trinajstić information content (AvgIpc) is 3.17. The van der Waals surface area contributed by atoms with Crippen LogP contribution in [0.3, 0.4) is 0 Å². The molecule has 27 heavy (non-hydrogen) atoms. The Labute approximate surface area is 161 Å². The minimum atomic E-state index is -3.52. The molecule has 144 valence electrons. The molecule has 2 heterocycles. The molecule has 2 aromatic rings. The number of hydrogen-bond acceptors (Lipinski definition) is 4. The van der Waals surface area contributed by atoms with Crippen molar-refractivity contribution < 1.29 is 13.2 Å². The van der Waals surface area contributed by atoms with E-state index in [-0.39, 0.29) is 0 Å². The predicted octanol–water partition coefficient (Wildman–Crippen LogP) is 3.21. The van der Waals surface area contributed by atoms with Gasteiger partial charge in [-0.15, -0.1) is 0 Å². The van der Waals surface area contributed by atoms with Crippen molar-refractivity contribution in [2.24, 2.45) is 0 Å². The first kappa shape index (κ1) is 18.5. The fourth-order valence-corrected chi connectivity index (χ4v) is 6.54. The number of likely N-dealkylation sites (tertiary alicyclic amines) is 1. The highest BCUT2D eigenvalue weighted by Crippen LogP contribution is 2.50. The molecule has 0 aliphatic carbocycles. The number of sulfonamides is 1. The van der Waals surface area contributed by atoms with E-state index < -0.39 is 15.6 Å². The number of benzene rings is 2. The van der Waals surface area contributed by atoms with Crippen molar-refractivity contribution in [3.63, 3.8) is 0 Å². The molecule has 5 nitrogen and oxygen atoms in total. The molecule has 2 aromatic carbocycles. The van der Waals surface area contributed by atoms with Gasteiger partial charge in [0.15, 0.2) is 0 Å². The highest BCUT2D eigenvalue weighted by Gasteiger charge is 2.56. The van der Waals surface area contributed by atoms with Gasteiger partial charge in [-0.05, 0) is 48.7 Å². The molecule has 1 atom stereocenters. The summed E-state index contributed by atoms with van der Waals surface area (Å²) in [6, 6.07) is 15.2. The Hall–Kier alpha value is -1.89. The maximum absolute atomic E-state index is 13.4. The molecule has 1 spiro atoms. The van der Waals surface area contributed by atoms with Crippen LogP contribution < -0.4 is 4.74 Å². The van der Waals surface area contributed by atoms with Crippen LogP contribution in [0.4, 0.5) is 0 Å². The van der Waals surface area contributed by atoms with Crippen molar-refractivity contribution in [1.82, 2.24) is 9.21 Å². The molecule has 6 heteroatoms. The molecule has 0 N–H and O–H groups in total. The lowest BCUT2D eigenvalue weighted by Crippen LogP contribution is -2.45. The monoisotopic (exact) mass is 386 g/mol. The zero-order valence-corrected chi connectivity index (χ0v) is 16.7. The molecule has 0 amide bonds. The maximum Gasteiger partial charge on any atom is 0.244 e. The van der Waals surface area contributed by atoms with E-state index in [9.17, 15) is 8.42 Å². The largest absolute Gasteiger partial charge is 0.497 e. The van der Waals surface area contributed by atoms with E-state index >= 15 is 0 Å². The van der Waals surface area contributed by atoms with E-state index in [1.807, 2.05) is 42.5 Å². The molecule has 1 unspecified atom stereocenters. The highest BCUT2D eigenvalue weighted by molar-refractivity contribution is 7.89. The molecule has 0 radical (unpaired) electrons. The van der Waals surface area contributed by atoms with Gasteiger partial charge in [-0.25, -0.2) is 8.42 Å². The van der Waals surface area contributed by atoms with Crippen molar-refractivity contribution in [3.05, 3.63) is 59.7 Å². The van der Waals surface area contributed by atoms with Crippen LogP contribution in [0.5, 0.6) is 5.75 Å². The second-order valence-electron chi connectivity index (χ2n) is 7.41. The minimum Gasteiger partial charge on any atom is -0.497 e. The Bertz CT molecular complexity index is 927. The number of methoxy groups -OCH3 is 1. The standard InChI is InChI=1S/C21H26N2O3S/c1-3-13-22-14-12-21(16-22)19-6-4-5-7-20(19)27(24,25)23(21)15-17-8-10-18(26-2)11-9-17/h4-11H,3,12-16H2,1-2H3. The van der Waals surface area contributed by atoms with Crippen LogP contribution >= 0.6 is 0 Å². The van der Waals surface area contributed by atoms with Gasteiger partial charge in [0, 0.05) is 19.6 Å². The lowest BCUT2D eigenvalue weighted by molar-refractivity contribution is 0.187. The first-order valence-electron chi connectivity index (χ1n) is 9.49. The van der Waals surface area contributed by atoms with E-state index in [1.54, 1.807) is 17.5 Å². The lowest BCUT2D eigenvalue weighted by atomic mass is 9.88. The van der Waals surface area contributed by atoms with Gasteiger partial charge in [0.25, 0.3) is 0 Å². The smallest absolute Gasteiger partial charge is 0.244 e. The van der Waals surface area contributed by atoms with E-state index in [0.717, 1.165) is 49.4 Å². The normalized spacial score (nSPS) is 24.4. The zero-order valence-electron chi connectivity index (χ0n) is 15.9. The van der Waals surface area contributed by atoms with Gasteiger partial charge in [-0.1, -0.05) is 37.3 Å². The summed E-state index contributed by atoms with van der Waals surface area (Å²) in [6.45, 7) is 5.23. The third kappa shape index (κ3) is 2.96. The maximum atomic E-state index is 13.4. The van der Waals surface area contributed by atoms with Gasteiger partial charge in [-0.3, -0.25) is 0 Å². The summed E-state index contributed by atoms with van der Waals surface area (Å²) in [5.41, 5.74) is 1.46. The van der Waals surface area contributed by atoms with Gasteiger partial charge in [0.05, 0.1) is 17.5 Å². The Balaban J connectivity index is 1.76. The Kier molecular flexibility index (Phi) is 4.74. The quantitative estimate of drug-likeness (QED) is 0.792. The first-order valence-corrected chi connectivity index (χ1v) is 10.9. The zero-order chi connectivity index (χ0) is 19.1. The molecule has 0 saturated carbocycles. The van der Waals surface area contributed by atoms with E-state index in [1.165, 1.54) is 0 Å². The number of fused-ring (bicyclic) bond motifs is 2. The van der Waals surface area contributed by atoms with Crippen molar-refractivity contribution in [1.29, 1.82) is 0 Å². The number of nitrogens with zero attached hydrogens (tertiary/aromatic N) is 2. The predicted molar refractivity (Wildman–Crippen MR) is 105 cm³/mol. The van der Waals surface area contributed by atoms with Crippen LogP contribution in [0.1, 0.15) is 30.9 Å². The van der Waals surface area contributed by atoms with Crippen LogP contribution in [0, 0.1) is 0 Å². The topological polar surface area (TPSA) is 49.9 Å². The number of hydrogen-bond donors (Lipinski definition) is 0. The Morgan fingerprint density at radius 2 is 1.85 bits per heavy atom. The summed E-state index contributed by atoms with van der Waals surface area (Å²) < 4.78 is 33.8. The fraction of sp³-hybridized carbons (Fsp3) is 0.429. The summed E-state index contributed by atoms with van der Waals surface area (Å²) in [4.78, 5) is 2.86. The second kappa shape index (κ2) is 6.93. The van der Waals surface area contributed by atoms with Crippen LogP contribution in [0.15, 0.2) is 53.4 Å². The third-order valence-electron chi connectivity index (χ3n) is 5.79. The Morgan fingerprint density at radius 3 is 2.56 bits per heavy atom. The van der Waals surface area contributed by atoms with Crippen molar-refractivity contribution >= 4 is 10.0 Å². The molecule has 2 aliphatic rings. The molecule has 0 aromatic heterocycles. The summed E-state index contributed by atoms with van der Waals surface area (Å²) >= 11 is 0. The van der Waals surface area contributed by atoms with E-state index in [0.29, 0.717) is 11.4 Å². The van der Waals surface area contributed by atoms with Gasteiger partial charge in [0.1, 0.15) is 5.75 Å². The second-order valence-corrected chi connectivity index (χ2v) is 9.24. The van der Waals surface area contributed by atoms with E-state index in [2.05, 4.69) is 11.8 Å². The summed E-state index contributed by atoms with van der Waals surface area (Å²) in [6.07, 6.45) is 1.91. The van der Waals surface area contributed by atoms with Gasteiger partial charge in [0.2, 0.25) is 10.0 Å². The Morgan fingerprint density at radius 1 is 1.11 bits per heavy atom. The summed E-state index contributed by atoms with van der Waals surface area (Å²) in [5.74, 6) is 0.774. The van der Waals surface area contributed by atoms with Gasteiger partial charge < -0.3 is 9.64 Å². The molecular formula is C21H26N2O3S. The number of ether oxygens (including phenoxy) is 1. The van der Waals surface area contributed by atoms with Crippen LogP contribution in [-0.2, 0) is 22.1 Å². The van der Waals surface area contributed by atoms with Crippen molar-refractivity contribution in [2.75, 3.05) is 26.7 Å². The molecular weight excluding hydrogens is 360 g/mol. The van der Waals surface area contributed by atoms with Crippen LogP contribution in [0.2, 0.25) is 0 Å². The van der Waals surface area contributed by atoms with Gasteiger partial charge >= 0.3 is 0 Å². The van der Waals surface area contributed by atoms with Crippen LogP contribution in [0.25, 0.3) is 0 Å². The molecule has 1 saturated heterocycles. The third-order valence-corrected chi connectivity index (χ3v) is 7.76. The minimum absolute atomic E-state index is 0.376. The molecule has 2 aliphatic heterocycles. The molecule has 0 bridgehead atoms. The lowest BCUT2D eigenvalue weighted by Gasteiger charge is -2.34. The molecule has 1 fully saturated rings. The molecule has 4 rings (SSSR count). The summed E-state index contributed by atoms with van der Waals surface area (Å²) in [5, 5.41) is 0. The van der Waals surface area contributed by atoms with Gasteiger partial charge in [-0.2, -0.15) is 4.31 Å². The van der Waals surface area contributed by atoms with E-state index in [4.69, 9.17) is 4.74 Å². The number of rotatable bonds is 5. The highest BCUT2D eigenvalue weighted by atomic mass is 32.2. The SMILES string of the molecule is CCCN1CCC2(C1)c1ccccc1S(=O)(=O)N2Cc1ccc(OC)cc1. The van der Waals surface area contributed by atoms with Crippen LogP contribution in [-0.4, -0.2) is 44.4 Å². The fourth-order valence-electron chi connectivity index (χ4n) is 4.49. The van der Waals surface area contributed by atoms with Crippen molar-refractivity contribution in [2.45, 2.75) is 36.7 Å². The first-order chi connectivity index (χ1) is 13.0. The summed E-state index contributed by atoms with van der Waals surface area (Å²) in [7, 11) is -1.88.